The topological polar surface area (TPSA) is 38.5 Å². The third-order valence-corrected chi connectivity index (χ3v) is 3.76. The molecule has 3 nitrogen and oxygen atoms in total. The van der Waals surface area contributed by atoms with Crippen LogP contribution in [0, 0.1) is 0 Å². The van der Waals surface area contributed by atoms with Gasteiger partial charge in [-0.15, -0.1) is 0 Å². The van der Waals surface area contributed by atoms with Gasteiger partial charge >= 0.3 is 0 Å². The molecule has 2 rings (SSSR count). The van der Waals surface area contributed by atoms with Crippen LogP contribution in [0.2, 0.25) is 0 Å². The van der Waals surface area contributed by atoms with Gasteiger partial charge in [0, 0.05) is 6.04 Å². The van der Waals surface area contributed by atoms with E-state index in [0.717, 1.165) is 31.8 Å². The molecule has 1 fully saturated rings. The van der Waals surface area contributed by atoms with Crippen LogP contribution in [0.4, 0.5) is 0 Å². The van der Waals surface area contributed by atoms with Crippen LogP contribution in [-0.4, -0.2) is 30.6 Å². The van der Waals surface area contributed by atoms with Crippen LogP contribution in [0.1, 0.15) is 44.7 Å². The highest BCUT2D eigenvalue weighted by atomic mass is 16.5. The fourth-order valence-electron chi connectivity index (χ4n) is 2.22. The SMILES string of the molecule is CCN(CC)CCC(N)c1cccc(OC2CC2)c1. The molecule has 0 saturated heterocycles. The lowest BCUT2D eigenvalue weighted by molar-refractivity contribution is 0.289. The minimum atomic E-state index is 0.100. The average molecular weight is 262 g/mol. The van der Waals surface area contributed by atoms with E-state index in [9.17, 15) is 0 Å². The first kappa shape index (κ1) is 14.4. The number of nitrogens with zero attached hydrogens (tertiary/aromatic N) is 1. The summed E-state index contributed by atoms with van der Waals surface area (Å²) in [7, 11) is 0. The smallest absolute Gasteiger partial charge is 0.120 e. The summed E-state index contributed by atoms with van der Waals surface area (Å²) in [4.78, 5) is 2.41. The first-order valence-corrected chi connectivity index (χ1v) is 7.47. The van der Waals surface area contributed by atoms with E-state index in [1.807, 2.05) is 12.1 Å². The molecule has 0 heterocycles. The molecular weight excluding hydrogens is 236 g/mol. The second-order valence-corrected chi connectivity index (χ2v) is 5.31. The third kappa shape index (κ3) is 4.51. The van der Waals surface area contributed by atoms with Crippen LogP contribution >= 0.6 is 0 Å². The molecule has 1 aliphatic carbocycles. The van der Waals surface area contributed by atoms with E-state index in [0.29, 0.717) is 6.10 Å². The van der Waals surface area contributed by atoms with Crippen LogP contribution in [0.15, 0.2) is 24.3 Å². The molecular formula is C16H26N2O. The van der Waals surface area contributed by atoms with Crippen molar-refractivity contribution in [3.63, 3.8) is 0 Å². The summed E-state index contributed by atoms with van der Waals surface area (Å²) in [6.07, 6.45) is 3.83. The van der Waals surface area contributed by atoms with Gasteiger partial charge in [0.05, 0.1) is 6.10 Å². The monoisotopic (exact) mass is 262 g/mol. The molecule has 106 valence electrons. The number of rotatable bonds is 8. The molecule has 0 spiro atoms. The number of ether oxygens (including phenoxy) is 1. The van der Waals surface area contributed by atoms with Crippen molar-refractivity contribution in [3.05, 3.63) is 29.8 Å². The fourth-order valence-corrected chi connectivity index (χ4v) is 2.22. The maximum Gasteiger partial charge on any atom is 0.120 e. The molecule has 1 aromatic carbocycles. The van der Waals surface area contributed by atoms with Gasteiger partial charge in [0.2, 0.25) is 0 Å². The number of hydrogen-bond acceptors (Lipinski definition) is 3. The van der Waals surface area contributed by atoms with Gasteiger partial charge in [-0.1, -0.05) is 26.0 Å². The zero-order valence-electron chi connectivity index (χ0n) is 12.1. The Bertz CT molecular complexity index is 386. The zero-order chi connectivity index (χ0) is 13.7. The van der Waals surface area contributed by atoms with E-state index in [4.69, 9.17) is 10.5 Å². The molecule has 1 aromatic rings. The fraction of sp³-hybridized carbons (Fsp3) is 0.625. The van der Waals surface area contributed by atoms with Crippen molar-refractivity contribution in [1.82, 2.24) is 4.90 Å². The van der Waals surface area contributed by atoms with Gasteiger partial charge in [-0.25, -0.2) is 0 Å². The Kier molecular flexibility index (Phi) is 5.23. The Morgan fingerprint density at radius 1 is 1.32 bits per heavy atom. The molecule has 0 amide bonds. The molecule has 0 radical (unpaired) electrons. The van der Waals surface area contributed by atoms with Crippen molar-refractivity contribution in [2.75, 3.05) is 19.6 Å². The maximum absolute atomic E-state index is 6.29. The van der Waals surface area contributed by atoms with Crippen LogP contribution in [0.25, 0.3) is 0 Å². The van der Waals surface area contributed by atoms with E-state index < -0.39 is 0 Å². The van der Waals surface area contributed by atoms with Gasteiger partial charge in [0.25, 0.3) is 0 Å². The van der Waals surface area contributed by atoms with E-state index >= 15 is 0 Å². The highest BCUT2D eigenvalue weighted by molar-refractivity contribution is 5.30. The largest absolute Gasteiger partial charge is 0.490 e. The summed E-state index contributed by atoms with van der Waals surface area (Å²) in [5.74, 6) is 0.971. The predicted octanol–water partition coefficient (Wildman–Crippen LogP) is 2.96. The Labute approximate surface area is 116 Å². The van der Waals surface area contributed by atoms with Crippen molar-refractivity contribution in [2.45, 2.75) is 45.3 Å². The van der Waals surface area contributed by atoms with E-state index in [2.05, 4.69) is 30.9 Å². The summed E-state index contributed by atoms with van der Waals surface area (Å²) >= 11 is 0. The molecule has 0 bridgehead atoms. The van der Waals surface area contributed by atoms with Crippen molar-refractivity contribution in [2.24, 2.45) is 5.73 Å². The Hall–Kier alpha value is -1.06. The van der Waals surface area contributed by atoms with Crippen molar-refractivity contribution >= 4 is 0 Å². The van der Waals surface area contributed by atoms with Crippen molar-refractivity contribution in [1.29, 1.82) is 0 Å². The van der Waals surface area contributed by atoms with Crippen LogP contribution in [0.3, 0.4) is 0 Å². The van der Waals surface area contributed by atoms with Crippen LogP contribution in [-0.2, 0) is 0 Å². The molecule has 1 unspecified atom stereocenters. The van der Waals surface area contributed by atoms with Crippen molar-refractivity contribution < 1.29 is 4.74 Å². The van der Waals surface area contributed by atoms with E-state index in [1.165, 1.54) is 18.4 Å². The van der Waals surface area contributed by atoms with Gasteiger partial charge in [-0.2, -0.15) is 0 Å². The normalized spacial score (nSPS) is 16.6. The van der Waals surface area contributed by atoms with Gasteiger partial charge in [-0.05, 0) is 56.6 Å². The summed E-state index contributed by atoms with van der Waals surface area (Å²) in [6, 6.07) is 8.38. The standard InChI is InChI=1S/C16H26N2O/c1-3-18(4-2)11-10-16(17)13-6-5-7-15(12-13)19-14-8-9-14/h5-7,12,14,16H,3-4,8-11,17H2,1-2H3. The molecule has 1 aliphatic rings. The average Bonchev–Trinajstić information content (AvgIpc) is 3.24. The molecule has 0 aliphatic heterocycles. The minimum Gasteiger partial charge on any atom is -0.490 e. The highest BCUT2D eigenvalue weighted by Crippen LogP contribution is 2.28. The Morgan fingerprint density at radius 3 is 2.68 bits per heavy atom. The highest BCUT2D eigenvalue weighted by Gasteiger charge is 2.23. The quantitative estimate of drug-likeness (QED) is 0.783. The molecule has 19 heavy (non-hydrogen) atoms. The first-order valence-electron chi connectivity index (χ1n) is 7.47. The number of nitrogens with two attached hydrogens (primary N) is 1. The summed E-state index contributed by atoms with van der Waals surface area (Å²) in [6.45, 7) is 7.63. The number of hydrogen-bond donors (Lipinski definition) is 1. The molecule has 3 heteroatoms. The number of benzene rings is 1. The third-order valence-electron chi connectivity index (χ3n) is 3.76. The van der Waals surface area contributed by atoms with Crippen LogP contribution in [0.5, 0.6) is 5.75 Å². The summed E-state index contributed by atoms with van der Waals surface area (Å²) in [5.41, 5.74) is 7.47. The summed E-state index contributed by atoms with van der Waals surface area (Å²) < 4.78 is 5.82. The zero-order valence-corrected chi connectivity index (χ0v) is 12.1. The maximum atomic E-state index is 6.29. The summed E-state index contributed by atoms with van der Waals surface area (Å²) in [5, 5.41) is 0. The lowest BCUT2D eigenvalue weighted by atomic mass is 10.0. The lowest BCUT2D eigenvalue weighted by Crippen LogP contribution is -2.27. The second-order valence-electron chi connectivity index (χ2n) is 5.31. The molecule has 1 saturated carbocycles. The van der Waals surface area contributed by atoms with E-state index in [1.54, 1.807) is 0 Å². The molecule has 2 N–H and O–H groups in total. The van der Waals surface area contributed by atoms with Crippen LogP contribution < -0.4 is 10.5 Å². The molecule has 0 aromatic heterocycles. The second kappa shape index (κ2) is 6.92. The predicted molar refractivity (Wildman–Crippen MR) is 79.4 cm³/mol. The first-order chi connectivity index (χ1) is 9.22. The Balaban J connectivity index is 1.88. The van der Waals surface area contributed by atoms with Gasteiger partial charge in [0.1, 0.15) is 5.75 Å². The van der Waals surface area contributed by atoms with E-state index in [-0.39, 0.29) is 6.04 Å². The van der Waals surface area contributed by atoms with Gasteiger partial charge in [-0.3, -0.25) is 0 Å². The van der Waals surface area contributed by atoms with Crippen molar-refractivity contribution in [3.8, 4) is 5.75 Å². The molecule has 1 atom stereocenters. The minimum absolute atomic E-state index is 0.100. The lowest BCUT2D eigenvalue weighted by Gasteiger charge is -2.21. The van der Waals surface area contributed by atoms with Gasteiger partial charge < -0.3 is 15.4 Å². The van der Waals surface area contributed by atoms with Gasteiger partial charge in [0.15, 0.2) is 0 Å². The Morgan fingerprint density at radius 2 is 2.05 bits per heavy atom.